The minimum absolute atomic E-state index is 0.0261. The molecule has 0 saturated carbocycles. The van der Waals surface area contributed by atoms with Gasteiger partial charge in [-0.2, -0.15) is 0 Å². The largest absolute Gasteiger partial charge is 0.359 e. The molecule has 2 fully saturated rings. The van der Waals surface area contributed by atoms with Crippen LogP contribution in [0.1, 0.15) is 19.3 Å². The third-order valence-corrected chi connectivity index (χ3v) is 4.67. The highest BCUT2D eigenvalue weighted by atomic mass is 35.5. The van der Waals surface area contributed by atoms with Gasteiger partial charge < -0.3 is 20.4 Å². The van der Waals surface area contributed by atoms with E-state index < -0.39 is 0 Å². The van der Waals surface area contributed by atoms with E-state index in [1.807, 2.05) is 4.90 Å². The zero-order chi connectivity index (χ0) is 17.8. The quantitative estimate of drug-likeness (QED) is 0.841. The van der Waals surface area contributed by atoms with E-state index in [1.165, 1.54) is 0 Å². The first kappa shape index (κ1) is 17.5. The zero-order valence-electron chi connectivity index (χ0n) is 13.9. The molecule has 0 unspecified atom stereocenters. The molecule has 25 heavy (non-hydrogen) atoms. The Labute approximate surface area is 151 Å². The molecule has 2 N–H and O–H groups in total. The highest BCUT2D eigenvalue weighted by molar-refractivity contribution is 6.33. The second kappa shape index (κ2) is 7.74. The molecule has 2 aliphatic rings. The average Bonchev–Trinajstić information content (AvgIpc) is 2.57. The van der Waals surface area contributed by atoms with Crippen LogP contribution in [0.4, 0.5) is 11.4 Å². The van der Waals surface area contributed by atoms with Gasteiger partial charge in [-0.25, -0.2) is 0 Å². The van der Waals surface area contributed by atoms with Crippen molar-refractivity contribution in [3.05, 3.63) is 23.2 Å². The summed E-state index contributed by atoms with van der Waals surface area (Å²) in [6.07, 6.45) is 2.34. The second-order valence-corrected chi connectivity index (χ2v) is 6.67. The lowest BCUT2D eigenvalue weighted by molar-refractivity contribution is -0.136. The van der Waals surface area contributed by atoms with Crippen LogP contribution in [0.25, 0.3) is 0 Å². The molecule has 134 valence electrons. The van der Waals surface area contributed by atoms with Crippen LogP contribution in [0.2, 0.25) is 5.02 Å². The molecule has 8 heteroatoms. The van der Waals surface area contributed by atoms with Gasteiger partial charge in [0, 0.05) is 31.7 Å². The maximum absolute atomic E-state index is 12.2. The summed E-state index contributed by atoms with van der Waals surface area (Å²) in [6.45, 7) is 2.22. The number of hydrogen-bond acceptors (Lipinski definition) is 4. The van der Waals surface area contributed by atoms with E-state index in [0.29, 0.717) is 36.8 Å². The van der Waals surface area contributed by atoms with Crippen LogP contribution < -0.4 is 15.5 Å². The number of rotatable bonds is 4. The van der Waals surface area contributed by atoms with E-state index in [2.05, 4.69) is 10.6 Å². The molecule has 0 spiro atoms. The van der Waals surface area contributed by atoms with Crippen molar-refractivity contribution in [3.8, 4) is 0 Å². The number of amides is 3. The minimum Gasteiger partial charge on any atom is -0.359 e. The van der Waals surface area contributed by atoms with Crippen molar-refractivity contribution in [3.63, 3.8) is 0 Å². The van der Waals surface area contributed by atoms with Crippen LogP contribution in [0, 0.1) is 0 Å². The third-order valence-electron chi connectivity index (χ3n) is 4.37. The highest BCUT2D eigenvalue weighted by Gasteiger charge is 2.21. The molecule has 3 rings (SSSR count). The molecule has 0 radical (unpaired) electrons. The van der Waals surface area contributed by atoms with Gasteiger partial charge in [0.25, 0.3) is 0 Å². The van der Waals surface area contributed by atoms with Crippen molar-refractivity contribution in [1.29, 1.82) is 0 Å². The van der Waals surface area contributed by atoms with Gasteiger partial charge in [-0.3, -0.25) is 14.4 Å². The average molecular weight is 365 g/mol. The maximum Gasteiger partial charge on any atom is 0.243 e. The monoisotopic (exact) mass is 364 g/mol. The summed E-state index contributed by atoms with van der Waals surface area (Å²) in [5, 5.41) is 6.02. The SMILES string of the molecule is O=C1CN(c2ccc(NC(=O)CN3CCCCC3=O)cc2Cl)CCN1. The number of piperidine rings is 1. The van der Waals surface area contributed by atoms with Crippen molar-refractivity contribution < 1.29 is 14.4 Å². The standard InChI is InChI=1S/C17H21ClN4O3/c18-13-9-12(4-5-14(13)21-8-6-19-15(23)10-21)20-16(24)11-22-7-2-1-3-17(22)25/h4-5,9H,1-3,6-8,10-11H2,(H,19,23)(H,20,24). The number of nitrogens with zero attached hydrogens (tertiary/aromatic N) is 2. The smallest absolute Gasteiger partial charge is 0.243 e. The molecule has 0 aromatic heterocycles. The molecule has 1 aromatic carbocycles. The van der Waals surface area contributed by atoms with Crippen molar-refractivity contribution in [2.24, 2.45) is 0 Å². The summed E-state index contributed by atoms with van der Waals surface area (Å²) >= 11 is 6.32. The van der Waals surface area contributed by atoms with Gasteiger partial charge in [0.2, 0.25) is 17.7 Å². The minimum atomic E-state index is -0.239. The Hall–Kier alpha value is -2.28. The summed E-state index contributed by atoms with van der Waals surface area (Å²) < 4.78 is 0. The van der Waals surface area contributed by atoms with Crippen LogP contribution in [-0.2, 0) is 14.4 Å². The van der Waals surface area contributed by atoms with E-state index in [0.717, 1.165) is 18.5 Å². The van der Waals surface area contributed by atoms with Crippen LogP contribution in [-0.4, -0.2) is 55.3 Å². The van der Waals surface area contributed by atoms with Crippen LogP contribution in [0.15, 0.2) is 18.2 Å². The predicted molar refractivity (Wildman–Crippen MR) is 95.7 cm³/mol. The lowest BCUT2D eigenvalue weighted by Gasteiger charge is -2.29. The Morgan fingerprint density at radius 3 is 2.80 bits per heavy atom. The lowest BCUT2D eigenvalue weighted by atomic mass is 10.1. The number of likely N-dealkylation sites (tertiary alicyclic amines) is 1. The van der Waals surface area contributed by atoms with Crippen molar-refractivity contribution in [1.82, 2.24) is 10.2 Å². The number of benzene rings is 1. The molecule has 7 nitrogen and oxygen atoms in total. The van der Waals surface area contributed by atoms with Crippen molar-refractivity contribution in [2.45, 2.75) is 19.3 Å². The summed E-state index contributed by atoms with van der Waals surface area (Å²) in [5.41, 5.74) is 1.34. The molecule has 0 aliphatic carbocycles. The van der Waals surface area contributed by atoms with Crippen LogP contribution >= 0.6 is 11.6 Å². The molecular weight excluding hydrogens is 344 g/mol. The summed E-state index contributed by atoms with van der Waals surface area (Å²) in [6, 6.07) is 5.21. The molecule has 2 saturated heterocycles. The molecule has 0 atom stereocenters. The topological polar surface area (TPSA) is 81.8 Å². The van der Waals surface area contributed by atoms with Crippen molar-refractivity contribution >= 4 is 40.7 Å². The van der Waals surface area contributed by atoms with Gasteiger partial charge in [-0.15, -0.1) is 0 Å². The van der Waals surface area contributed by atoms with Gasteiger partial charge in [-0.1, -0.05) is 11.6 Å². The predicted octanol–water partition coefficient (Wildman–Crippen LogP) is 1.23. The Bertz CT molecular complexity index is 694. The van der Waals surface area contributed by atoms with Gasteiger partial charge in [0.15, 0.2) is 0 Å². The Kier molecular flexibility index (Phi) is 5.43. The summed E-state index contributed by atoms with van der Waals surface area (Å²) in [7, 11) is 0. The fourth-order valence-electron chi connectivity index (χ4n) is 3.09. The number of carbonyl (C=O) groups is 3. The van der Waals surface area contributed by atoms with E-state index in [9.17, 15) is 14.4 Å². The van der Waals surface area contributed by atoms with Gasteiger partial charge >= 0.3 is 0 Å². The molecule has 1 aromatic rings. The number of piperazine rings is 1. The highest BCUT2D eigenvalue weighted by Crippen LogP contribution is 2.29. The zero-order valence-corrected chi connectivity index (χ0v) is 14.6. The van der Waals surface area contributed by atoms with Gasteiger partial charge in [0.1, 0.15) is 0 Å². The summed E-state index contributed by atoms with van der Waals surface area (Å²) in [4.78, 5) is 38.9. The maximum atomic E-state index is 12.2. The Morgan fingerprint density at radius 1 is 1.24 bits per heavy atom. The Balaban J connectivity index is 1.61. The van der Waals surface area contributed by atoms with Crippen molar-refractivity contribution in [2.75, 3.05) is 42.9 Å². The molecular formula is C17H21ClN4O3. The first-order chi connectivity index (χ1) is 12.0. The van der Waals surface area contributed by atoms with Gasteiger partial charge in [-0.05, 0) is 31.0 Å². The first-order valence-electron chi connectivity index (χ1n) is 8.42. The molecule has 2 aliphatic heterocycles. The fourth-order valence-corrected chi connectivity index (χ4v) is 3.39. The fraction of sp³-hybridized carbons (Fsp3) is 0.471. The van der Waals surface area contributed by atoms with Crippen LogP contribution in [0.5, 0.6) is 0 Å². The van der Waals surface area contributed by atoms with E-state index in [1.54, 1.807) is 23.1 Å². The summed E-state index contributed by atoms with van der Waals surface area (Å²) in [5.74, 6) is -0.250. The number of halogens is 1. The molecule has 0 bridgehead atoms. The Morgan fingerprint density at radius 2 is 2.08 bits per heavy atom. The number of carbonyl (C=O) groups excluding carboxylic acids is 3. The number of nitrogens with one attached hydrogen (secondary N) is 2. The van der Waals surface area contributed by atoms with E-state index in [4.69, 9.17) is 11.6 Å². The van der Waals surface area contributed by atoms with Crippen LogP contribution in [0.3, 0.4) is 0 Å². The lowest BCUT2D eigenvalue weighted by Crippen LogP contribution is -2.47. The third kappa shape index (κ3) is 4.42. The van der Waals surface area contributed by atoms with E-state index >= 15 is 0 Å². The first-order valence-corrected chi connectivity index (χ1v) is 8.79. The normalized spacial score (nSPS) is 18.1. The van der Waals surface area contributed by atoms with Gasteiger partial charge in [0.05, 0.1) is 23.8 Å². The number of hydrogen-bond donors (Lipinski definition) is 2. The molecule has 2 heterocycles. The molecule has 3 amide bonds. The van der Waals surface area contributed by atoms with E-state index in [-0.39, 0.29) is 30.8 Å². The number of anilines is 2. The second-order valence-electron chi connectivity index (χ2n) is 6.26.